The average molecular weight is 392 g/mol. The quantitative estimate of drug-likeness (QED) is 0.691. The molecule has 0 bridgehead atoms. The Balaban J connectivity index is 1.57. The molecular weight excluding hydrogens is 373 g/mol. The van der Waals surface area contributed by atoms with Crippen LogP contribution in [0.2, 0.25) is 0 Å². The predicted octanol–water partition coefficient (Wildman–Crippen LogP) is 3.86. The summed E-state index contributed by atoms with van der Waals surface area (Å²) in [6.07, 6.45) is -2.29. The number of carbonyl (C=O) groups excluding carboxylic acids is 1. The summed E-state index contributed by atoms with van der Waals surface area (Å²) in [5.41, 5.74) is 2.22. The van der Waals surface area contributed by atoms with Gasteiger partial charge < -0.3 is 9.84 Å². The summed E-state index contributed by atoms with van der Waals surface area (Å²) in [6, 6.07) is 6.39. The van der Waals surface area contributed by atoms with Crippen LogP contribution in [0, 0.1) is 6.92 Å². The van der Waals surface area contributed by atoms with Crippen molar-refractivity contribution in [1.29, 1.82) is 0 Å². The van der Waals surface area contributed by atoms with Crippen LogP contribution in [0.4, 0.5) is 13.2 Å². The molecule has 0 saturated heterocycles. The van der Waals surface area contributed by atoms with Crippen molar-refractivity contribution < 1.29 is 22.5 Å². The molecule has 0 aliphatic rings. The lowest BCUT2D eigenvalue weighted by atomic mass is 10.1. The van der Waals surface area contributed by atoms with Crippen molar-refractivity contribution in [2.45, 2.75) is 33.0 Å². The first kappa shape index (κ1) is 19.7. The van der Waals surface area contributed by atoms with E-state index in [1.807, 2.05) is 18.5 Å². The standard InChI is InChI=1S/C19H19F3N4O2/c1-3-26-12(2)15(11-24-26)16-10-17(28-25-16)18(27)23-9-8-13-4-6-14(7-5-13)19(20,21)22/h4-7,10-11H,3,8-9H2,1-2H3,(H,23,27). The number of carbonyl (C=O) groups is 1. The molecule has 2 heterocycles. The highest BCUT2D eigenvalue weighted by Gasteiger charge is 2.29. The number of alkyl halides is 3. The van der Waals surface area contributed by atoms with E-state index in [9.17, 15) is 18.0 Å². The molecule has 28 heavy (non-hydrogen) atoms. The second-order valence-electron chi connectivity index (χ2n) is 6.24. The number of hydrogen-bond donors (Lipinski definition) is 1. The Morgan fingerprint density at radius 2 is 1.96 bits per heavy atom. The van der Waals surface area contributed by atoms with Gasteiger partial charge in [-0.05, 0) is 38.0 Å². The molecule has 9 heteroatoms. The Bertz CT molecular complexity index is 958. The van der Waals surface area contributed by atoms with E-state index in [0.717, 1.165) is 29.9 Å². The average Bonchev–Trinajstić information content (AvgIpc) is 3.27. The zero-order valence-electron chi connectivity index (χ0n) is 15.4. The lowest BCUT2D eigenvalue weighted by Crippen LogP contribution is -2.25. The highest BCUT2D eigenvalue weighted by molar-refractivity contribution is 5.92. The molecule has 0 aliphatic carbocycles. The minimum absolute atomic E-state index is 0.0612. The second-order valence-corrected chi connectivity index (χ2v) is 6.24. The molecule has 0 saturated carbocycles. The number of halogens is 3. The summed E-state index contributed by atoms with van der Waals surface area (Å²) in [5.74, 6) is -0.378. The van der Waals surface area contributed by atoms with Crippen molar-refractivity contribution >= 4 is 5.91 Å². The zero-order valence-corrected chi connectivity index (χ0v) is 15.4. The van der Waals surface area contributed by atoms with E-state index in [1.54, 1.807) is 6.20 Å². The summed E-state index contributed by atoms with van der Waals surface area (Å²) in [7, 11) is 0. The van der Waals surface area contributed by atoms with Gasteiger partial charge in [0.15, 0.2) is 0 Å². The molecule has 1 aromatic carbocycles. The monoisotopic (exact) mass is 392 g/mol. The van der Waals surface area contributed by atoms with Crippen molar-refractivity contribution in [2.24, 2.45) is 0 Å². The second kappa shape index (κ2) is 7.87. The summed E-state index contributed by atoms with van der Waals surface area (Å²) >= 11 is 0. The molecular formula is C19H19F3N4O2. The van der Waals surface area contributed by atoms with Crippen molar-refractivity contribution in [3.05, 3.63) is 59.1 Å². The van der Waals surface area contributed by atoms with Gasteiger partial charge in [-0.2, -0.15) is 18.3 Å². The van der Waals surface area contributed by atoms with Gasteiger partial charge in [0.1, 0.15) is 5.69 Å². The van der Waals surface area contributed by atoms with E-state index in [1.165, 1.54) is 18.2 Å². The van der Waals surface area contributed by atoms with Crippen LogP contribution in [0.5, 0.6) is 0 Å². The fourth-order valence-electron chi connectivity index (χ4n) is 2.79. The highest BCUT2D eigenvalue weighted by atomic mass is 19.4. The van der Waals surface area contributed by atoms with Gasteiger partial charge in [0.2, 0.25) is 5.76 Å². The predicted molar refractivity (Wildman–Crippen MR) is 95.6 cm³/mol. The Morgan fingerprint density at radius 1 is 1.25 bits per heavy atom. The SMILES string of the molecule is CCn1ncc(-c2cc(C(=O)NCCc3ccc(C(F)(F)F)cc3)on2)c1C. The molecule has 6 nitrogen and oxygen atoms in total. The van der Waals surface area contributed by atoms with Crippen LogP contribution in [0.25, 0.3) is 11.3 Å². The van der Waals surface area contributed by atoms with Crippen LogP contribution in [-0.4, -0.2) is 27.4 Å². The number of hydrogen-bond acceptors (Lipinski definition) is 4. The number of amides is 1. The molecule has 2 aromatic heterocycles. The molecule has 0 radical (unpaired) electrons. The van der Waals surface area contributed by atoms with Gasteiger partial charge in [-0.15, -0.1) is 0 Å². The van der Waals surface area contributed by atoms with E-state index in [0.29, 0.717) is 17.7 Å². The first-order valence-electron chi connectivity index (χ1n) is 8.73. The molecule has 0 atom stereocenters. The van der Waals surface area contributed by atoms with Crippen molar-refractivity contribution in [3.8, 4) is 11.3 Å². The number of rotatable bonds is 6. The zero-order chi connectivity index (χ0) is 20.3. The summed E-state index contributed by atoms with van der Waals surface area (Å²) in [5, 5.41) is 10.8. The number of nitrogens with one attached hydrogen (secondary N) is 1. The number of aromatic nitrogens is 3. The summed E-state index contributed by atoms with van der Waals surface area (Å²) in [4.78, 5) is 12.2. The van der Waals surface area contributed by atoms with Crippen molar-refractivity contribution in [2.75, 3.05) is 6.54 Å². The molecule has 148 valence electrons. The van der Waals surface area contributed by atoms with Gasteiger partial charge in [0, 0.05) is 30.4 Å². The summed E-state index contributed by atoms with van der Waals surface area (Å²) in [6.45, 7) is 4.86. The van der Waals surface area contributed by atoms with E-state index in [-0.39, 0.29) is 12.3 Å². The van der Waals surface area contributed by atoms with Crippen molar-refractivity contribution in [1.82, 2.24) is 20.3 Å². The maximum Gasteiger partial charge on any atom is 0.416 e. The van der Waals surface area contributed by atoms with Gasteiger partial charge in [-0.25, -0.2) is 0 Å². The van der Waals surface area contributed by atoms with E-state index < -0.39 is 17.6 Å². The number of benzene rings is 1. The lowest BCUT2D eigenvalue weighted by molar-refractivity contribution is -0.137. The Kier molecular flexibility index (Phi) is 5.53. The maximum atomic E-state index is 12.6. The van der Waals surface area contributed by atoms with Gasteiger partial charge in [0.05, 0.1) is 11.8 Å². The van der Waals surface area contributed by atoms with Crippen LogP contribution in [-0.2, 0) is 19.1 Å². The molecule has 1 N–H and O–H groups in total. The minimum atomic E-state index is -4.36. The van der Waals surface area contributed by atoms with E-state index in [4.69, 9.17) is 4.52 Å². The maximum absolute atomic E-state index is 12.6. The van der Waals surface area contributed by atoms with Crippen LogP contribution in [0.15, 0.2) is 41.1 Å². The molecule has 0 aliphatic heterocycles. The molecule has 3 rings (SSSR count). The van der Waals surface area contributed by atoms with Gasteiger partial charge in [-0.1, -0.05) is 17.3 Å². The van der Waals surface area contributed by atoms with Gasteiger partial charge >= 0.3 is 6.18 Å². The summed E-state index contributed by atoms with van der Waals surface area (Å²) < 4.78 is 44.6. The fourth-order valence-corrected chi connectivity index (χ4v) is 2.79. The van der Waals surface area contributed by atoms with Gasteiger partial charge in [0.25, 0.3) is 5.91 Å². The molecule has 0 spiro atoms. The van der Waals surface area contributed by atoms with Gasteiger partial charge in [-0.3, -0.25) is 9.48 Å². The molecule has 0 fully saturated rings. The topological polar surface area (TPSA) is 73.0 Å². The third kappa shape index (κ3) is 4.24. The third-order valence-electron chi connectivity index (χ3n) is 4.39. The normalized spacial score (nSPS) is 11.6. The van der Waals surface area contributed by atoms with E-state index >= 15 is 0 Å². The van der Waals surface area contributed by atoms with Crippen LogP contribution >= 0.6 is 0 Å². The van der Waals surface area contributed by atoms with Crippen molar-refractivity contribution in [3.63, 3.8) is 0 Å². The third-order valence-corrected chi connectivity index (χ3v) is 4.39. The van der Waals surface area contributed by atoms with Crippen LogP contribution in [0.1, 0.15) is 34.3 Å². The molecule has 0 unspecified atom stereocenters. The Hall–Kier alpha value is -3.10. The minimum Gasteiger partial charge on any atom is -0.350 e. The fraction of sp³-hybridized carbons (Fsp3) is 0.316. The first-order valence-corrected chi connectivity index (χ1v) is 8.73. The first-order chi connectivity index (χ1) is 13.3. The number of nitrogens with zero attached hydrogens (tertiary/aromatic N) is 3. The van der Waals surface area contributed by atoms with Crippen LogP contribution < -0.4 is 5.32 Å². The Labute approximate surface area is 159 Å². The molecule has 3 aromatic rings. The largest absolute Gasteiger partial charge is 0.416 e. The van der Waals surface area contributed by atoms with Crippen LogP contribution in [0.3, 0.4) is 0 Å². The lowest BCUT2D eigenvalue weighted by Gasteiger charge is -2.07. The Morgan fingerprint density at radius 3 is 2.57 bits per heavy atom. The van der Waals surface area contributed by atoms with E-state index in [2.05, 4.69) is 15.6 Å². The smallest absolute Gasteiger partial charge is 0.350 e. The highest BCUT2D eigenvalue weighted by Crippen LogP contribution is 2.29. The molecule has 1 amide bonds. The number of aryl methyl sites for hydroxylation is 1.